The molecule has 36 heavy (non-hydrogen) atoms. The maximum Gasteiger partial charge on any atom is 0.264 e. The van der Waals surface area contributed by atoms with Gasteiger partial charge in [0, 0.05) is 30.3 Å². The minimum absolute atomic E-state index is 0.0262. The lowest BCUT2D eigenvalue weighted by Crippen LogP contribution is -2.45. The van der Waals surface area contributed by atoms with Crippen molar-refractivity contribution in [3.05, 3.63) is 81.8 Å². The third kappa shape index (κ3) is 3.38. The highest BCUT2D eigenvalue weighted by Gasteiger charge is 2.46. The molecule has 4 aromatic rings. The van der Waals surface area contributed by atoms with Gasteiger partial charge in [-0.3, -0.25) is 14.9 Å². The first-order valence-electron chi connectivity index (χ1n) is 12.0. The van der Waals surface area contributed by atoms with Crippen molar-refractivity contribution in [1.29, 1.82) is 0 Å². The van der Waals surface area contributed by atoms with Gasteiger partial charge in [-0.05, 0) is 54.0 Å². The second-order valence-electron chi connectivity index (χ2n) is 9.75. The normalized spacial score (nSPS) is 18.5. The van der Waals surface area contributed by atoms with Gasteiger partial charge in [-0.1, -0.05) is 30.8 Å². The van der Waals surface area contributed by atoms with Crippen LogP contribution in [0, 0.1) is 5.41 Å². The Kier molecular flexibility index (Phi) is 5.11. The van der Waals surface area contributed by atoms with Crippen LogP contribution in [-0.4, -0.2) is 45.5 Å². The minimum Gasteiger partial charge on any atom is -0.507 e. The maximum absolute atomic E-state index is 13.2. The average Bonchev–Trinajstić information content (AvgIpc) is 3.44. The Hall–Kier alpha value is -4.11. The van der Waals surface area contributed by atoms with Gasteiger partial charge in [0.15, 0.2) is 5.65 Å². The van der Waals surface area contributed by atoms with Crippen molar-refractivity contribution in [3.63, 3.8) is 0 Å². The summed E-state index contributed by atoms with van der Waals surface area (Å²) in [6, 6.07) is 13.3. The zero-order valence-electron chi connectivity index (χ0n) is 20.0. The van der Waals surface area contributed by atoms with Crippen molar-refractivity contribution in [3.8, 4) is 11.5 Å². The second kappa shape index (κ2) is 8.23. The van der Waals surface area contributed by atoms with Gasteiger partial charge in [0.25, 0.3) is 5.56 Å². The lowest BCUT2D eigenvalue weighted by atomic mass is 9.73. The molecule has 9 heteroatoms. The SMILES string of the molecule is C=C(c1cc(OC)ccc1O)c1[nH]nc2nc(N3CCC4(CC3)Cc3ccccc3[C@H]4N)[nH]c(=O)c12. The van der Waals surface area contributed by atoms with Crippen LogP contribution < -0.4 is 20.9 Å². The first-order chi connectivity index (χ1) is 17.4. The molecule has 3 heterocycles. The van der Waals surface area contributed by atoms with Crippen LogP contribution in [0.3, 0.4) is 0 Å². The molecule has 1 atom stereocenters. The number of piperidine rings is 1. The Morgan fingerprint density at radius 3 is 2.78 bits per heavy atom. The number of aromatic hydroxyl groups is 1. The molecule has 184 valence electrons. The zero-order chi connectivity index (χ0) is 25.0. The van der Waals surface area contributed by atoms with E-state index in [2.05, 4.69) is 55.9 Å². The van der Waals surface area contributed by atoms with Gasteiger partial charge in [0.2, 0.25) is 5.95 Å². The predicted octanol–water partition coefficient (Wildman–Crippen LogP) is 3.26. The van der Waals surface area contributed by atoms with Crippen molar-refractivity contribution < 1.29 is 9.84 Å². The van der Waals surface area contributed by atoms with Gasteiger partial charge in [0.05, 0.1) is 12.8 Å². The monoisotopic (exact) mass is 484 g/mol. The summed E-state index contributed by atoms with van der Waals surface area (Å²) in [5.41, 5.74) is 10.6. The Morgan fingerprint density at radius 2 is 2.03 bits per heavy atom. The van der Waals surface area contributed by atoms with Crippen LogP contribution in [0.4, 0.5) is 5.95 Å². The standard InChI is InChI=1S/C27H28N6O3/c1-15(19-13-17(36-2)7-8-20(19)34)22-21-24(32-31-22)29-26(30-25(21)35)33-11-9-27(10-12-33)14-16-5-3-4-6-18(16)23(27)28/h3-8,13,23,34H,1,9-12,14,28H2,2H3,(H2,29,30,31,32,35)/t23-/m1/s1. The molecular formula is C27H28N6O3. The maximum atomic E-state index is 13.2. The Balaban J connectivity index is 1.26. The average molecular weight is 485 g/mol. The molecule has 1 saturated heterocycles. The van der Waals surface area contributed by atoms with E-state index in [1.165, 1.54) is 17.2 Å². The minimum atomic E-state index is -0.312. The number of nitrogens with zero attached hydrogens (tertiary/aromatic N) is 3. The van der Waals surface area contributed by atoms with E-state index in [1.807, 2.05) is 0 Å². The van der Waals surface area contributed by atoms with Crippen LogP contribution in [0.5, 0.6) is 11.5 Å². The van der Waals surface area contributed by atoms with E-state index in [-0.39, 0.29) is 22.8 Å². The highest BCUT2D eigenvalue weighted by Crippen LogP contribution is 2.50. The number of ether oxygens (including phenoxy) is 1. The summed E-state index contributed by atoms with van der Waals surface area (Å²) in [7, 11) is 1.54. The van der Waals surface area contributed by atoms with E-state index in [9.17, 15) is 9.90 Å². The highest BCUT2D eigenvalue weighted by atomic mass is 16.5. The molecule has 0 bridgehead atoms. The number of benzene rings is 2. The number of aromatic amines is 2. The fourth-order valence-electron chi connectivity index (χ4n) is 5.78. The number of hydrogen-bond donors (Lipinski definition) is 4. The Morgan fingerprint density at radius 1 is 1.25 bits per heavy atom. The lowest BCUT2D eigenvalue weighted by molar-refractivity contribution is 0.187. The molecule has 1 aliphatic heterocycles. The van der Waals surface area contributed by atoms with Gasteiger partial charge >= 0.3 is 0 Å². The van der Waals surface area contributed by atoms with E-state index in [0.29, 0.717) is 39.6 Å². The number of phenolic OH excluding ortho intramolecular Hbond substituents is 1. The van der Waals surface area contributed by atoms with Gasteiger partial charge < -0.3 is 20.5 Å². The van der Waals surface area contributed by atoms with Crippen molar-refractivity contribution >= 4 is 22.6 Å². The number of methoxy groups -OCH3 is 1. The number of nitrogens with one attached hydrogen (secondary N) is 2. The molecule has 6 rings (SSSR count). The molecule has 0 saturated carbocycles. The van der Waals surface area contributed by atoms with Crippen LogP contribution in [0.1, 0.15) is 41.3 Å². The van der Waals surface area contributed by atoms with Crippen LogP contribution in [0.2, 0.25) is 0 Å². The first kappa shape index (κ1) is 22.4. The van der Waals surface area contributed by atoms with E-state index < -0.39 is 0 Å². The second-order valence-corrected chi connectivity index (χ2v) is 9.75. The fourth-order valence-corrected chi connectivity index (χ4v) is 5.78. The lowest BCUT2D eigenvalue weighted by Gasteiger charge is -2.42. The van der Waals surface area contributed by atoms with Crippen molar-refractivity contribution in [2.24, 2.45) is 11.1 Å². The highest BCUT2D eigenvalue weighted by molar-refractivity contribution is 5.93. The summed E-state index contributed by atoms with van der Waals surface area (Å²) in [4.78, 5) is 22.9. The van der Waals surface area contributed by atoms with Crippen LogP contribution in [0.25, 0.3) is 16.6 Å². The molecule has 0 radical (unpaired) electrons. The molecular weight excluding hydrogens is 456 g/mol. The number of phenols is 1. The summed E-state index contributed by atoms with van der Waals surface area (Å²) < 4.78 is 5.26. The van der Waals surface area contributed by atoms with Crippen LogP contribution in [0.15, 0.2) is 53.8 Å². The zero-order valence-corrected chi connectivity index (χ0v) is 20.0. The smallest absolute Gasteiger partial charge is 0.264 e. The van der Waals surface area contributed by atoms with Crippen molar-refractivity contribution in [1.82, 2.24) is 20.2 Å². The fraction of sp³-hybridized carbons (Fsp3) is 0.296. The summed E-state index contributed by atoms with van der Waals surface area (Å²) in [6.07, 6.45) is 2.83. The van der Waals surface area contributed by atoms with Crippen LogP contribution in [-0.2, 0) is 6.42 Å². The molecule has 5 N–H and O–H groups in total. The number of aromatic nitrogens is 4. The molecule has 2 aromatic heterocycles. The number of fused-ring (bicyclic) bond motifs is 2. The largest absolute Gasteiger partial charge is 0.507 e. The van der Waals surface area contributed by atoms with Crippen molar-refractivity contribution in [2.75, 3.05) is 25.1 Å². The first-order valence-corrected chi connectivity index (χ1v) is 12.0. The molecule has 1 aliphatic carbocycles. The van der Waals surface area contributed by atoms with E-state index >= 15 is 0 Å². The summed E-state index contributed by atoms with van der Waals surface area (Å²) >= 11 is 0. The number of H-pyrrole nitrogens is 2. The molecule has 0 amide bonds. The van der Waals surface area contributed by atoms with Gasteiger partial charge in [-0.25, -0.2) is 0 Å². The molecule has 2 aromatic carbocycles. The molecule has 1 spiro atoms. The number of rotatable bonds is 4. The van der Waals surface area contributed by atoms with Gasteiger partial charge in [0.1, 0.15) is 16.9 Å². The Labute approximate surface area is 207 Å². The van der Waals surface area contributed by atoms with E-state index in [4.69, 9.17) is 10.5 Å². The summed E-state index contributed by atoms with van der Waals surface area (Å²) in [5, 5.41) is 17.8. The third-order valence-corrected chi connectivity index (χ3v) is 7.89. The Bertz CT molecular complexity index is 1550. The molecule has 1 fully saturated rings. The summed E-state index contributed by atoms with van der Waals surface area (Å²) in [6.45, 7) is 5.58. The van der Waals surface area contributed by atoms with Gasteiger partial charge in [-0.2, -0.15) is 10.1 Å². The molecule has 0 unspecified atom stereocenters. The number of nitrogens with two attached hydrogens (primary N) is 1. The topological polar surface area (TPSA) is 133 Å². The van der Waals surface area contributed by atoms with Crippen LogP contribution >= 0.6 is 0 Å². The number of hydrogen-bond acceptors (Lipinski definition) is 7. The number of anilines is 1. The molecule has 9 nitrogen and oxygen atoms in total. The predicted molar refractivity (Wildman–Crippen MR) is 138 cm³/mol. The third-order valence-electron chi connectivity index (χ3n) is 7.89. The quantitative estimate of drug-likeness (QED) is 0.349. The van der Waals surface area contributed by atoms with E-state index in [1.54, 1.807) is 19.2 Å². The summed E-state index contributed by atoms with van der Waals surface area (Å²) in [5.74, 6) is 1.09. The van der Waals surface area contributed by atoms with Crippen molar-refractivity contribution in [2.45, 2.75) is 25.3 Å². The molecule has 2 aliphatic rings. The van der Waals surface area contributed by atoms with E-state index in [0.717, 1.165) is 32.4 Å². The van der Waals surface area contributed by atoms with Gasteiger partial charge in [-0.15, -0.1) is 0 Å².